The fourth-order valence-electron chi connectivity index (χ4n) is 3.17. The van der Waals surface area contributed by atoms with E-state index in [-0.39, 0.29) is 0 Å². The van der Waals surface area contributed by atoms with Gasteiger partial charge in [0.05, 0.1) is 6.16 Å². The molecule has 0 aliphatic rings. The molecule has 3 aromatic rings. The van der Waals surface area contributed by atoms with E-state index < -0.39 is 7.26 Å². The van der Waals surface area contributed by atoms with E-state index >= 15 is 0 Å². The minimum absolute atomic E-state index is 1.02. The SMILES string of the molecule is C=CCC[P+](c1ccccc1)(c1ccccc1)c1ccccc1. The molecule has 0 heterocycles. The lowest BCUT2D eigenvalue weighted by atomic mass is 10.3. The molecule has 0 N–H and O–H groups in total. The van der Waals surface area contributed by atoms with Gasteiger partial charge in [0.2, 0.25) is 0 Å². The summed E-state index contributed by atoms with van der Waals surface area (Å²) in [5.74, 6) is 0. The molecule has 0 atom stereocenters. The molecule has 0 saturated heterocycles. The quantitative estimate of drug-likeness (QED) is 0.462. The van der Waals surface area contributed by atoms with E-state index in [1.165, 1.54) is 15.9 Å². The van der Waals surface area contributed by atoms with Crippen molar-refractivity contribution < 1.29 is 0 Å². The first-order valence-corrected chi connectivity index (χ1v) is 10.0. The highest BCUT2D eigenvalue weighted by Crippen LogP contribution is 2.55. The molecule has 3 aromatic carbocycles. The number of hydrogen-bond acceptors (Lipinski definition) is 0. The lowest BCUT2D eigenvalue weighted by Gasteiger charge is -2.27. The van der Waals surface area contributed by atoms with E-state index in [1.807, 2.05) is 6.08 Å². The molecule has 0 unspecified atom stereocenters. The van der Waals surface area contributed by atoms with E-state index in [9.17, 15) is 0 Å². The summed E-state index contributed by atoms with van der Waals surface area (Å²) in [6.07, 6.45) is 4.19. The van der Waals surface area contributed by atoms with Gasteiger partial charge in [0.1, 0.15) is 23.2 Å². The highest BCUT2D eigenvalue weighted by molar-refractivity contribution is 7.95. The lowest BCUT2D eigenvalue weighted by molar-refractivity contribution is 1.24. The minimum Gasteiger partial charge on any atom is -0.103 e. The van der Waals surface area contributed by atoms with Gasteiger partial charge in [-0.1, -0.05) is 60.7 Å². The Labute approximate surface area is 139 Å². The second kappa shape index (κ2) is 7.40. The van der Waals surface area contributed by atoms with Crippen LogP contribution in [-0.4, -0.2) is 6.16 Å². The van der Waals surface area contributed by atoms with Crippen molar-refractivity contribution in [2.24, 2.45) is 0 Å². The van der Waals surface area contributed by atoms with Crippen LogP contribution in [0.2, 0.25) is 0 Å². The van der Waals surface area contributed by atoms with E-state index in [2.05, 4.69) is 97.6 Å². The molecule has 0 fully saturated rings. The molecule has 0 aromatic heterocycles. The van der Waals surface area contributed by atoms with Crippen molar-refractivity contribution in [3.8, 4) is 0 Å². The van der Waals surface area contributed by atoms with Crippen LogP contribution in [0.5, 0.6) is 0 Å². The first-order valence-electron chi connectivity index (χ1n) is 8.04. The molecule has 23 heavy (non-hydrogen) atoms. The minimum atomic E-state index is -1.64. The van der Waals surface area contributed by atoms with Crippen LogP contribution in [0.1, 0.15) is 6.42 Å². The molecule has 0 aliphatic heterocycles. The van der Waals surface area contributed by atoms with Gasteiger partial charge in [-0.3, -0.25) is 0 Å². The molecule has 0 radical (unpaired) electrons. The van der Waals surface area contributed by atoms with Crippen LogP contribution in [0.4, 0.5) is 0 Å². The maximum absolute atomic E-state index is 3.96. The molecular weight excluding hydrogens is 295 g/mol. The van der Waals surface area contributed by atoms with Gasteiger partial charge in [-0.2, -0.15) is 0 Å². The number of allylic oxidation sites excluding steroid dienone is 1. The summed E-state index contributed by atoms with van der Waals surface area (Å²) >= 11 is 0. The summed E-state index contributed by atoms with van der Waals surface area (Å²) in [4.78, 5) is 0. The second-order valence-corrected chi connectivity index (χ2v) is 9.23. The first kappa shape index (κ1) is 15.7. The van der Waals surface area contributed by atoms with E-state index in [0.717, 1.165) is 12.6 Å². The van der Waals surface area contributed by atoms with Crippen molar-refractivity contribution in [3.05, 3.63) is 104 Å². The first-order chi connectivity index (χ1) is 11.4. The highest BCUT2D eigenvalue weighted by Gasteiger charge is 2.44. The molecule has 114 valence electrons. The van der Waals surface area contributed by atoms with Crippen LogP contribution in [0.15, 0.2) is 104 Å². The van der Waals surface area contributed by atoms with Crippen molar-refractivity contribution in [2.45, 2.75) is 6.42 Å². The van der Waals surface area contributed by atoms with Crippen LogP contribution in [-0.2, 0) is 0 Å². The smallest absolute Gasteiger partial charge is 0.103 e. The molecule has 0 saturated carbocycles. The number of benzene rings is 3. The van der Waals surface area contributed by atoms with Crippen molar-refractivity contribution in [1.29, 1.82) is 0 Å². The molecule has 3 rings (SSSR count). The largest absolute Gasteiger partial charge is 0.112 e. The molecule has 0 spiro atoms. The summed E-state index contributed by atoms with van der Waals surface area (Å²) in [5.41, 5.74) is 0. The van der Waals surface area contributed by atoms with Crippen molar-refractivity contribution in [2.75, 3.05) is 6.16 Å². The number of hydrogen-bond donors (Lipinski definition) is 0. The average Bonchev–Trinajstić information content (AvgIpc) is 2.65. The Bertz CT molecular complexity index is 636. The monoisotopic (exact) mass is 317 g/mol. The van der Waals surface area contributed by atoms with Crippen LogP contribution in [0.3, 0.4) is 0 Å². The van der Waals surface area contributed by atoms with Gasteiger partial charge in [-0.05, 0) is 42.8 Å². The third-order valence-corrected chi connectivity index (χ3v) is 8.73. The van der Waals surface area contributed by atoms with Gasteiger partial charge in [0, 0.05) is 0 Å². The Morgan fingerprint density at radius 3 is 1.26 bits per heavy atom. The van der Waals surface area contributed by atoms with Crippen LogP contribution in [0.25, 0.3) is 0 Å². The van der Waals surface area contributed by atoms with Crippen molar-refractivity contribution >= 4 is 23.2 Å². The normalized spacial score (nSPS) is 11.1. The zero-order chi connectivity index (χ0) is 16.0. The summed E-state index contributed by atoms with van der Waals surface area (Å²) < 4.78 is 0. The summed E-state index contributed by atoms with van der Waals surface area (Å²) in [5, 5.41) is 4.33. The maximum atomic E-state index is 3.96. The lowest BCUT2D eigenvalue weighted by Crippen LogP contribution is -2.33. The maximum Gasteiger partial charge on any atom is 0.112 e. The predicted octanol–water partition coefficient (Wildman–Crippen LogP) is 4.56. The Hall–Kier alpha value is -2.17. The van der Waals surface area contributed by atoms with Crippen LogP contribution in [0, 0.1) is 0 Å². The molecular formula is C22H22P+. The highest BCUT2D eigenvalue weighted by atomic mass is 31.2. The Balaban J connectivity index is 2.27. The van der Waals surface area contributed by atoms with Gasteiger partial charge in [0.15, 0.2) is 0 Å². The van der Waals surface area contributed by atoms with Crippen LogP contribution >= 0.6 is 7.26 Å². The predicted molar refractivity (Wildman–Crippen MR) is 105 cm³/mol. The Kier molecular flexibility index (Phi) is 5.05. The number of rotatable bonds is 6. The van der Waals surface area contributed by atoms with Gasteiger partial charge in [0.25, 0.3) is 0 Å². The van der Waals surface area contributed by atoms with E-state index in [0.29, 0.717) is 0 Å². The Morgan fingerprint density at radius 2 is 0.957 bits per heavy atom. The van der Waals surface area contributed by atoms with Crippen molar-refractivity contribution in [1.82, 2.24) is 0 Å². The van der Waals surface area contributed by atoms with Gasteiger partial charge < -0.3 is 0 Å². The zero-order valence-corrected chi connectivity index (χ0v) is 14.2. The fraction of sp³-hybridized carbons (Fsp3) is 0.0909. The van der Waals surface area contributed by atoms with Gasteiger partial charge in [-0.15, -0.1) is 6.58 Å². The van der Waals surface area contributed by atoms with E-state index in [4.69, 9.17) is 0 Å². The summed E-state index contributed by atoms with van der Waals surface area (Å²) in [7, 11) is -1.64. The molecule has 0 aliphatic carbocycles. The Morgan fingerprint density at radius 1 is 0.609 bits per heavy atom. The second-order valence-electron chi connectivity index (χ2n) is 5.62. The van der Waals surface area contributed by atoms with Crippen LogP contribution < -0.4 is 15.9 Å². The molecule has 0 bridgehead atoms. The fourth-order valence-corrected chi connectivity index (χ4v) is 7.45. The third-order valence-electron chi connectivity index (χ3n) is 4.26. The van der Waals surface area contributed by atoms with E-state index in [1.54, 1.807) is 0 Å². The summed E-state index contributed by atoms with van der Waals surface area (Å²) in [6.45, 7) is 3.96. The van der Waals surface area contributed by atoms with Gasteiger partial charge >= 0.3 is 0 Å². The summed E-state index contributed by atoms with van der Waals surface area (Å²) in [6, 6.07) is 33.0. The topological polar surface area (TPSA) is 0 Å². The average molecular weight is 317 g/mol. The van der Waals surface area contributed by atoms with Gasteiger partial charge in [-0.25, -0.2) is 0 Å². The molecule has 0 nitrogen and oxygen atoms in total. The standard InChI is InChI=1S/C22H22P/c1-2-3-19-23(20-13-7-4-8-14-20,21-15-9-5-10-16-21)22-17-11-6-12-18-22/h2,4-18H,1,3,19H2/q+1. The van der Waals surface area contributed by atoms with Crippen molar-refractivity contribution in [3.63, 3.8) is 0 Å². The third kappa shape index (κ3) is 3.14. The molecule has 1 heteroatoms. The zero-order valence-electron chi connectivity index (χ0n) is 13.3. The molecule has 0 amide bonds.